The summed E-state index contributed by atoms with van der Waals surface area (Å²) in [5.41, 5.74) is 0. The Morgan fingerprint density at radius 1 is 1.31 bits per heavy atom. The Morgan fingerprint density at radius 3 is 2.46 bits per heavy atom. The zero-order valence-corrected chi connectivity index (χ0v) is 9.47. The van der Waals surface area contributed by atoms with E-state index in [1.807, 2.05) is 6.08 Å². The van der Waals surface area contributed by atoms with Gasteiger partial charge in [0.25, 0.3) is 0 Å². The van der Waals surface area contributed by atoms with Crippen LogP contribution < -0.4 is 5.32 Å². The van der Waals surface area contributed by atoms with Crippen molar-refractivity contribution in [2.24, 2.45) is 5.92 Å². The minimum atomic E-state index is 0.704. The van der Waals surface area contributed by atoms with Crippen LogP contribution in [0.2, 0.25) is 0 Å². The summed E-state index contributed by atoms with van der Waals surface area (Å²) in [5, 5.41) is 3.53. The van der Waals surface area contributed by atoms with E-state index < -0.39 is 0 Å². The number of unbranched alkanes of at least 4 members (excludes halogenated alkanes) is 2. The highest BCUT2D eigenvalue weighted by Crippen LogP contribution is 2.11. The second-order valence-electron chi connectivity index (χ2n) is 3.98. The number of hydrogen-bond donors (Lipinski definition) is 1. The molecular weight excluding hydrogens is 158 g/mol. The highest BCUT2D eigenvalue weighted by Gasteiger charge is 2.10. The summed E-state index contributed by atoms with van der Waals surface area (Å²) in [5.74, 6) is 0.753. The van der Waals surface area contributed by atoms with Crippen molar-refractivity contribution < 1.29 is 0 Å². The van der Waals surface area contributed by atoms with Gasteiger partial charge in [-0.25, -0.2) is 0 Å². The molecule has 0 fully saturated rings. The molecule has 0 spiro atoms. The van der Waals surface area contributed by atoms with Crippen LogP contribution in [0.3, 0.4) is 0 Å². The lowest BCUT2D eigenvalue weighted by molar-refractivity contribution is 0.374. The van der Waals surface area contributed by atoms with Crippen LogP contribution in [-0.2, 0) is 0 Å². The van der Waals surface area contributed by atoms with Gasteiger partial charge >= 0.3 is 0 Å². The standard InChI is InChI=1S/C12H25N/c1-5-7-8-9-10-12(11(3)4)13-6-2/h5,11-13H,1,6-10H2,2-4H3. The molecule has 1 atom stereocenters. The Bertz CT molecular complexity index is 118. The molecule has 0 bridgehead atoms. The SMILES string of the molecule is C=CCCCCC(NCC)C(C)C. The Kier molecular flexibility index (Phi) is 8.11. The van der Waals surface area contributed by atoms with Crippen molar-refractivity contribution in [3.8, 4) is 0 Å². The maximum atomic E-state index is 3.73. The molecule has 0 saturated carbocycles. The van der Waals surface area contributed by atoms with Gasteiger partial charge in [-0.1, -0.05) is 33.3 Å². The van der Waals surface area contributed by atoms with E-state index in [1.54, 1.807) is 0 Å². The number of rotatable bonds is 8. The van der Waals surface area contributed by atoms with Crippen molar-refractivity contribution in [1.29, 1.82) is 0 Å². The molecule has 0 radical (unpaired) electrons. The average molecular weight is 183 g/mol. The lowest BCUT2D eigenvalue weighted by atomic mass is 9.98. The fourth-order valence-electron chi connectivity index (χ4n) is 1.59. The Balaban J connectivity index is 3.50. The lowest BCUT2D eigenvalue weighted by Gasteiger charge is -2.21. The van der Waals surface area contributed by atoms with Gasteiger partial charge in [-0.05, 0) is 31.7 Å². The Hall–Kier alpha value is -0.300. The Morgan fingerprint density at radius 2 is 2.00 bits per heavy atom. The average Bonchev–Trinajstić information content (AvgIpc) is 2.10. The third-order valence-electron chi connectivity index (χ3n) is 2.44. The van der Waals surface area contributed by atoms with Crippen LogP contribution >= 0.6 is 0 Å². The number of allylic oxidation sites excluding steroid dienone is 1. The highest BCUT2D eigenvalue weighted by atomic mass is 14.9. The first kappa shape index (κ1) is 12.7. The normalized spacial score (nSPS) is 13.2. The topological polar surface area (TPSA) is 12.0 Å². The molecule has 1 heteroatoms. The maximum absolute atomic E-state index is 3.73. The first-order valence-electron chi connectivity index (χ1n) is 5.56. The van der Waals surface area contributed by atoms with Crippen LogP contribution in [0.4, 0.5) is 0 Å². The third kappa shape index (κ3) is 6.83. The minimum absolute atomic E-state index is 0.704. The second-order valence-corrected chi connectivity index (χ2v) is 3.98. The van der Waals surface area contributed by atoms with Crippen molar-refractivity contribution in [3.05, 3.63) is 12.7 Å². The molecule has 0 aliphatic rings. The van der Waals surface area contributed by atoms with E-state index in [-0.39, 0.29) is 0 Å². The molecule has 0 aliphatic heterocycles. The first-order valence-corrected chi connectivity index (χ1v) is 5.56. The molecule has 0 aromatic heterocycles. The molecule has 1 N–H and O–H groups in total. The fourth-order valence-corrected chi connectivity index (χ4v) is 1.59. The zero-order chi connectivity index (χ0) is 10.1. The summed E-state index contributed by atoms with van der Waals surface area (Å²) in [6.07, 6.45) is 7.09. The molecule has 0 saturated heterocycles. The third-order valence-corrected chi connectivity index (χ3v) is 2.44. The second kappa shape index (κ2) is 8.31. The van der Waals surface area contributed by atoms with Crippen LogP contribution in [0.25, 0.3) is 0 Å². The van der Waals surface area contributed by atoms with Crippen LogP contribution in [0, 0.1) is 5.92 Å². The van der Waals surface area contributed by atoms with Crippen molar-refractivity contribution >= 4 is 0 Å². The molecule has 1 unspecified atom stereocenters. The first-order chi connectivity index (χ1) is 6.22. The van der Waals surface area contributed by atoms with Crippen molar-refractivity contribution in [1.82, 2.24) is 5.32 Å². The van der Waals surface area contributed by atoms with Gasteiger partial charge in [0.1, 0.15) is 0 Å². The predicted molar refractivity (Wildman–Crippen MR) is 61.0 cm³/mol. The molecule has 13 heavy (non-hydrogen) atoms. The summed E-state index contributed by atoms with van der Waals surface area (Å²) in [6, 6.07) is 0.704. The summed E-state index contributed by atoms with van der Waals surface area (Å²) >= 11 is 0. The van der Waals surface area contributed by atoms with Crippen molar-refractivity contribution in [2.45, 2.75) is 52.5 Å². The van der Waals surface area contributed by atoms with Crippen LogP contribution in [0.5, 0.6) is 0 Å². The van der Waals surface area contributed by atoms with Gasteiger partial charge in [0.05, 0.1) is 0 Å². The molecule has 78 valence electrons. The molecular formula is C12H25N. The van der Waals surface area contributed by atoms with Crippen LogP contribution in [-0.4, -0.2) is 12.6 Å². The predicted octanol–water partition coefficient (Wildman–Crippen LogP) is 3.37. The van der Waals surface area contributed by atoms with E-state index in [9.17, 15) is 0 Å². The monoisotopic (exact) mass is 183 g/mol. The smallest absolute Gasteiger partial charge is 0.00899 e. The summed E-state index contributed by atoms with van der Waals surface area (Å²) in [6.45, 7) is 11.6. The number of nitrogens with one attached hydrogen (secondary N) is 1. The van der Waals surface area contributed by atoms with Crippen LogP contribution in [0.15, 0.2) is 12.7 Å². The molecule has 0 rings (SSSR count). The molecule has 0 aromatic rings. The summed E-state index contributed by atoms with van der Waals surface area (Å²) in [7, 11) is 0. The van der Waals surface area contributed by atoms with E-state index in [1.165, 1.54) is 19.3 Å². The van der Waals surface area contributed by atoms with E-state index in [4.69, 9.17) is 0 Å². The molecule has 0 amide bonds. The maximum Gasteiger partial charge on any atom is 0.00899 e. The van der Waals surface area contributed by atoms with E-state index >= 15 is 0 Å². The van der Waals surface area contributed by atoms with E-state index in [2.05, 4.69) is 32.7 Å². The van der Waals surface area contributed by atoms with E-state index in [0.29, 0.717) is 6.04 Å². The zero-order valence-electron chi connectivity index (χ0n) is 9.47. The van der Waals surface area contributed by atoms with Gasteiger partial charge in [-0.3, -0.25) is 0 Å². The van der Waals surface area contributed by atoms with E-state index in [0.717, 1.165) is 18.9 Å². The van der Waals surface area contributed by atoms with Gasteiger partial charge in [-0.15, -0.1) is 6.58 Å². The minimum Gasteiger partial charge on any atom is -0.314 e. The van der Waals surface area contributed by atoms with Gasteiger partial charge < -0.3 is 5.32 Å². The summed E-state index contributed by atoms with van der Waals surface area (Å²) in [4.78, 5) is 0. The Labute approximate surface area is 83.6 Å². The molecule has 0 aromatic carbocycles. The largest absolute Gasteiger partial charge is 0.314 e. The lowest BCUT2D eigenvalue weighted by Crippen LogP contribution is -2.33. The van der Waals surface area contributed by atoms with Gasteiger partial charge in [0.2, 0.25) is 0 Å². The number of hydrogen-bond acceptors (Lipinski definition) is 1. The van der Waals surface area contributed by atoms with Crippen molar-refractivity contribution in [3.63, 3.8) is 0 Å². The highest BCUT2D eigenvalue weighted by molar-refractivity contribution is 4.71. The van der Waals surface area contributed by atoms with Gasteiger partial charge in [-0.2, -0.15) is 0 Å². The molecule has 0 heterocycles. The molecule has 0 aliphatic carbocycles. The van der Waals surface area contributed by atoms with Gasteiger partial charge in [0, 0.05) is 6.04 Å². The van der Waals surface area contributed by atoms with Crippen LogP contribution in [0.1, 0.15) is 46.5 Å². The fraction of sp³-hybridized carbons (Fsp3) is 0.833. The summed E-state index contributed by atoms with van der Waals surface area (Å²) < 4.78 is 0. The van der Waals surface area contributed by atoms with Crippen molar-refractivity contribution in [2.75, 3.05) is 6.54 Å². The quantitative estimate of drug-likeness (QED) is 0.449. The molecule has 1 nitrogen and oxygen atoms in total. The van der Waals surface area contributed by atoms with Gasteiger partial charge in [0.15, 0.2) is 0 Å².